The van der Waals surface area contributed by atoms with Crippen molar-refractivity contribution in [1.82, 2.24) is 9.97 Å². The maximum Gasteiger partial charge on any atom is 0.171 e. The Labute approximate surface area is 159 Å². The summed E-state index contributed by atoms with van der Waals surface area (Å²) in [6.07, 6.45) is 6.28. The second-order valence-corrected chi connectivity index (χ2v) is 6.06. The number of hydrogen-bond acceptors (Lipinski definition) is 6. The van der Waals surface area contributed by atoms with E-state index in [-0.39, 0.29) is 11.7 Å². The van der Waals surface area contributed by atoms with Crippen LogP contribution in [0.25, 0.3) is 22.3 Å². The lowest BCUT2D eigenvalue weighted by atomic mass is 9.99. The van der Waals surface area contributed by atoms with Gasteiger partial charge >= 0.3 is 0 Å². The molecule has 0 aliphatic heterocycles. The largest absolute Gasteiger partial charge is 0.409 e. The second kappa shape index (κ2) is 7.71. The molecular formula is C18H15ClN6O2. The number of nitrogens with zero attached hydrogens (tertiary/aromatic N) is 4. The van der Waals surface area contributed by atoms with Crippen LogP contribution in [0.4, 0.5) is 0 Å². The van der Waals surface area contributed by atoms with Crippen LogP contribution in [0.5, 0.6) is 0 Å². The molecule has 0 aliphatic carbocycles. The first kappa shape index (κ1) is 18.2. The average molecular weight is 383 g/mol. The molecule has 0 aliphatic rings. The molecule has 3 aromatic rings. The van der Waals surface area contributed by atoms with Gasteiger partial charge in [0.15, 0.2) is 11.7 Å². The minimum absolute atomic E-state index is 0.0396. The Bertz CT molecular complexity index is 972. The highest BCUT2D eigenvalue weighted by molar-refractivity contribution is 6.31. The lowest BCUT2D eigenvalue weighted by Crippen LogP contribution is -2.13. The molecule has 2 aromatic heterocycles. The van der Waals surface area contributed by atoms with E-state index < -0.39 is 0 Å². The van der Waals surface area contributed by atoms with E-state index in [0.29, 0.717) is 16.1 Å². The van der Waals surface area contributed by atoms with E-state index in [9.17, 15) is 0 Å². The molecule has 2 heterocycles. The summed E-state index contributed by atoms with van der Waals surface area (Å²) >= 11 is 6.29. The van der Waals surface area contributed by atoms with Crippen molar-refractivity contribution in [2.24, 2.45) is 21.8 Å². The molecule has 0 amide bonds. The number of benzene rings is 1. The van der Waals surface area contributed by atoms with E-state index in [1.807, 2.05) is 6.07 Å². The maximum atomic E-state index is 8.85. The molecule has 3 rings (SSSR count). The summed E-state index contributed by atoms with van der Waals surface area (Å²) in [5.74, 6) is -0.0791. The molecule has 9 heteroatoms. The highest BCUT2D eigenvalue weighted by Gasteiger charge is 2.09. The highest BCUT2D eigenvalue weighted by Crippen LogP contribution is 2.30. The van der Waals surface area contributed by atoms with Crippen LogP contribution in [-0.2, 0) is 0 Å². The third-order valence-electron chi connectivity index (χ3n) is 3.85. The maximum absolute atomic E-state index is 8.85. The fourth-order valence-electron chi connectivity index (χ4n) is 2.51. The molecule has 0 spiro atoms. The third-order valence-corrected chi connectivity index (χ3v) is 4.07. The number of amidine groups is 2. The number of pyridine rings is 2. The predicted octanol–water partition coefficient (Wildman–Crippen LogP) is 2.65. The van der Waals surface area contributed by atoms with Crippen molar-refractivity contribution in [2.75, 3.05) is 0 Å². The zero-order valence-corrected chi connectivity index (χ0v) is 14.7. The Morgan fingerprint density at radius 1 is 0.704 bits per heavy atom. The van der Waals surface area contributed by atoms with Crippen LogP contribution in [-0.4, -0.2) is 32.1 Å². The zero-order valence-electron chi connectivity index (χ0n) is 13.9. The standard InChI is InChI=1S/C18H15ClN6O2/c19-16-4-10(12-2-14(8-22-6-12)17(20)24-26)1-11(5-16)13-3-15(9-23-7-13)18(21)25-27/h1-9,26-27H,(H2,20,24)(H2,21,25). The molecule has 0 bridgehead atoms. The van der Waals surface area contributed by atoms with E-state index in [2.05, 4.69) is 20.3 Å². The van der Waals surface area contributed by atoms with Gasteiger partial charge in [-0.25, -0.2) is 0 Å². The summed E-state index contributed by atoms with van der Waals surface area (Å²) in [5, 5.41) is 24.2. The van der Waals surface area contributed by atoms with Gasteiger partial charge in [-0.3, -0.25) is 9.97 Å². The van der Waals surface area contributed by atoms with Gasteiger partial charge in [0.25, 0.3) is 0 Å². The van der Waals surface area contributed by atoms with Crippen molar-refractivity contribution in [3.05, 3.63) is 71.3 Å². The first-order valence-electron chi connectivity index (χ1n) is 7.69. The van der Waals surface area contributed by atoms with Gasteiger partial charge in [0, 0.05) is 52.1 Å². The molecule has 0 saturated heterocycles. The van der Waals surface area contributed by atoms with Crippen molar-refractivity contribution in [3.8, 4) is 22.3 Å². The fourth-order valence-corrected chi connectivity index (χ4v) is 2.75. The van der Waals surface area contributed by atoms with Crippen molar-refractivity contribution >= 4 is 23.3 Å². The molecule has 0 atom stereocenters. The Balaban J connectivity index is 2.09. The molecule has 1 aromatic carbocycles. The monoisotopic (exact) mass is 382 g/mol. The van der Waals surface area contributed by atoms with Gasteiger partial charge in [-0.2, -0.15) is 0 Å². The van der Waals surface area contributed by atoms with E-state index in [0.717, 1.165) is 22.3 Å². The Morgan fingerprint density at radius 2 is 1.15 bits per heavy atom. The van der Waals surface area contributed by atoms with Gasteiger partial charge in [0.1, 0.15) is 0 Å². The van der Waals surface area contributed by atoms with Crippen molar-refractivity contribution in [3.63, 3.8) is 0 Å². The van der Waals surface area contributed by atoms with Gasteiger partial charge in [0.2, 0.25) is 0 Å². The van der Waals surface area contributed by atoms with Crippen LogP contribution in [0.1, 0.15) is 11.1 Å². The molecule has 6 N–H and O–H groups in total. The molecule has 0 unspecified atom stereocenters. The van der Waals surface area contributed by atoms with Crippen LogP contribution >= 0.6 is 11.6 Å². The molecule has 0 fully saturated rings. The van der Waals surface area contributed by atoms with Crippen molar-refractivity contribution in [2.45, 2.75) is 0 Å². The highest BCUT2D eigenvalue weighted by atomic mass is 35.5. The summed E-state index contributed by atoms with van der Waals surface area (Å²) in [6, 6.07) is 8.93. The lowest BCUT2D eigenvalue weighted by molar-refractivity contribution is 0.318. The zero-order chi connectivity index (χ0) is 19.4. The lowest BCUT2D eigenvalue weighted by Gasteiger charge is -2.09. The van der Waals surface area contributed by atoms with E-state index in [1.165, 1.54) is 12.4 Å². The number of halogens is 1. The molecule has 0 radical (unpaired) electrons. The molecule has 8 nitrogen and oxygen atoms in total. The molecule has 27 heavy (non-hydrogen) atoms. The fraction of sp³-hybridized carbons (Fsp3) is 0. The van der Waals surface area contributed by atoms with E-state index >= 15 is 0 Å². The number of aromatic nitrogens is 2. The topological polar surface area (TPSA) is 143 Å². The summed E-state index contributed by atoms with van der Waals surface area (Å²) in [7, 11) is 0. The third kappa shape index (κ3) is 3.96. The smallest absolute Gasteiger partial charge is 0.171 e. The number of nitrogens with two attached hydrogens (primary N) is 2. The van der Waals surface area contributed by atoms with Gasteiger partial charge in [-0.05, 0) is 41.5 Å². The first-order valence-corrected chi connectivity index (χ1v) is 8.07. The number of oxime groups is 2. The first-order chi connectivity index (χ1) is 13.0. The van der Waals surface area contributed by atoms with Crippen LogP contribution < -0.4 is 11.5 Å². The van der Waals surface area contributed by atoms with Crippen LogP contribution in [0.2, 0.25) is 5.02 Å². The van der Waals surface area contributed by atoms with E-state index in [4.69, 9.17) is 33.5 Å². The summed E-state index contributed by atoms with van der Waals surface area (Å²) < 4.78 is 0. The minimum Gasteiger partial charge on any atom is -0.409 e. The van der Waals surface area contributed by atoms with Gasteiger partial charge < -0.3 is 21.9 Å². The average Bonchev–Trinajstić information content (AvgIpc) is 2.72. The quantitative estimate of drug-likeness (QED) is 0.236. The van der Waals surface area contributed by atoms with Crippen LogP contribution in [0, 0.1) is 0 Å². The summed E-state index contributed by atoms with van der Waals surface area (Å²) in [6.45, 7) is 0. The summed E-state index contributed by atoms with van der Waals surface area (Å²) in [4.78, 5) is 8.25. The number of hydrogen-bond donors (Lipinski definition) is 4. The number of rotatable bonds is 4. The molecule has 136 valence electrons. The van der Waals surface area contributed by atoms with Gasteiger partial charge in [0.05, 0.1) is 0 Å². The Morgan fingerprint density at radius 3 is 1.56 bits per heavy atom. The normalized spacial score (nSPS) is 12.2. The van der Waals surface area contributed by atoms with Crippen molar-refractivity contribution in [1.29, 1.82) is 0 Å². The molecular weight excluding hydrogens is 368 g/mol. The van der Waals surface area contributed by atoms with Gasteiger partial charge in [-0.1, -0.05) is 21.9 Å². The van der Waals surface area contributed by atoms with E-state index in [1.54, 1.807) is 36.7 Å². The Hall–Kier alpha value is -3.65. The Kier molecular flexibility index (Phi) is 5.18. The van der Waals surface area contributed by atoms with Crippen molar-refractivity contribution < 1.29 is 10.4 Å². The SMILES string of the molecule is N/C(=N\O)c1cncc(-c2cc(Cl)cc(-c3cncc(/C(N)=N/O)c3)c2)c1. The van der Waals surface area contributed by atoms with Crippen LogP contribution in [0.3, 0.4) is 0 Å². The van der Waals surface area contributed by atoms with Crippen LogP contribution in [0.15, 0.2) is 65.4 Å². The predicted molar refractivity (Wildman–Crippen MR) is 103 cm³/mol. The molecule has 0 saturated carbocycles. The second-order valence-electron chi connectivity index (χ2n) is 5.62. The van der Waals surface area contributed by atoms with Gasteiger partial charge in [-0.15, -0.1) is 0 Å². The summed E-state index contributed by atoms with van der Waals surface area (Å²) in [5.41, 5.74) is 15.3. The minimum atomic E-state index is -0.0396.